The van der Waals surface area contributed by atoms with E-state index in [-0.39, 0.29) is 6.42 Å². The molecule has 1 saturated heterocycles. The Morgan fingerprint density at radius 3 is 1.84 bits per heavy atom. The van der Waals surface area contributed by atoms with Crippen molar-refractivity contribution in [1.29, 1.82) is 0 Å². The Bertz CT molecular complexity index is 968. The van der Waals surface area contributed by atoms with Crippen LogP contribution in [0.4, 0.5) is 0 Å². The lowest BCUT2D eigenvalue weighted by atomic mass is 9.99. The standard InChI is InChI=1S/C35H67NO12S/c1-3-5-7-9-11-13-14-16-17-19-21-23-28(38)27(36-34(42)29(39)24-22-20-18-15-12-10-8-6-4-2)26-46-35-32(41)33(48-49(43,44)45)31(40)30(25-37)47-35/h21,23,27-33,35,37-41H,3-20,22,24-26H2,1-2H3,(H,36,42)(H,43,44,45)/b23-21+. The second kappa shape index (κ2) is 27.5. The molecule has 0 radical (unpaired) electrons. The topological polar surface area (TPSA) is 212 Å². The van der Waals surface area contributed by atoms with E-state index < -0.39 is 78.5 Å². The van der Waals surface area contributed by atoms with Crippen LogP contribution in [0.3, 0.4) is 0 Å². The van der Waals surface area contributed by atoms with E-state index in [2.05, 4.69) is 23.3 Å². The zero-order chi connectivity index (χ0) is 36.5. The van der Waals surface area contributed by atoms with Gasteiger partial charge in [-0.3, -0.25) is 9.35 Å². The van der Waals surface area contributed by atoms with Crippen LogP contribution in [-0.4, -0.2) is 107 Å². The van der Waals surface area contributed by atoms with E-state index in [1.165, 1.54) is 76.7 Å². The minimum atomic E-state index is -5.11. The van der Waals surface area contributed by atoms with Gasteiger partial charge in [0.15, 0.2) is 6.29 Å². The second-order valence-electron chi connectivity index (χ2n) is 13.3. The summed E-state index contributed by atoms with van der Waals surface area (Å²) in [4.78, 5) is 12.9. The van der Waals surface area contributed by atoms with E-state index in [4.69, 9.17) is 14.0 Å². The summed E-state index contributed by atoms with van der Waals surface area (Å²) < 4.78 is 47.1. The minimum absolute atomic E-state index is 0.245. The average molecular weight is 726 g/mol. The van der Waals surface area contributed by atoms with Crippen molar-refractivity contribution in [2.24, 2.45) is 0 Å². The molecule has 1 fully saturated rings. The first-order valence-electron chi connectivity index (χ1n) is 18.7. The first kappa shape index (κ1) is 45.8. The van der Waals surface area contributed by atoms with Crippen LogP contribution in [0.5, 0.6) is 0 Å². The molecule has 0 bridgehead atoms. The third-order valence-corrected chi connectivity index (χ3v) is 9.39. The van der Waals surface area contributed by atoms with Crippen LogP contribution in [0, 0.1) is 0 Å². The van der Waals surface area contributed by atoms with Gasteiger partial charge in [0.1, 0.15) is 30.5 Å². The molecule has 13 nitrogen and oxygen atoms in total. The predicted octanol–water partition coefficient (Wildman–Crippen LogP) is 4.23. The van der Waals surface area contributed by atoms with E-state index >= 15 is 0 Å². The molecule has 0 aromatic rings. The molecule has 0 spiro atoms. The van der Waals surface area contributed by atoms with E-state index in [0.29, 0.717) is 12.8 Å². The molecule has 0 saturated carbocycles. The van der Waals surface area contributed by atoms with Crippen LogP contribution in [0.15, 0.2) is 12.2 Å². The molecule has 14 heteroatoms. The van der Waals surface area contributed by atoms with E-state index in [1.807, 2.05) is 6.08 Å². The smallest absolute Gasteiger partial charge is 0.394 e. The summed E-state index contributed by atoms with van der Waals surface area (Å²) in [5, 5.41) is 54.7. The zero-order valence-electron chi connectivity index (χ0n) is 29.9. The Morgan fingerprint density at radius 2 is 1.33 bits per heavy atom. The fourth-order valence-electron chi connectivity index (χ4n) is 5.87. The lowest BCUT2D eigenvalue weighted by Gasteiger charge is -2.41. The maximum absolute atomic E-state index is 12.9. The molecular weight excluding hydrogens is 658 g/mol. The number of unbranched alkanes of at least 4 members (excludes halogenated alkanes) is 17. The molecule has 1 amide bonds. The number of carbonyl (C=O) groups is 1. The summed E-state index contributed by atoms with van der Waals surface area (Å²) in [5.41, 5.74) is 0. The predicted molar refractivity (Wildman–Crippen MR) is 187 cm³/mol. The van der Waals surface area contributed by atoms with Gasteiger partial charge in [-0.15, -0.1) is 0 Å². The van der Waals surface area contributed by atoms with E-state index in [1.54, 1.807) is 0 Å². The van der Waals surface area contributed by atoms with Gasteiger partial charge in [-0.25, -0.2) is 4.18 Å². The number of nitrogens with one attached hydrogen (secondary N) is 1. The Kier molecular flexibility index (Phi) is 25.7. The van der Waals surface area contributed by atoms with Gasteiger partial charge in [0.25, 0.3) is 0 Å². The number of hydrogen-bond donors (Lipinski definition) is 7. The van der Waals surface area contributed by atoms with Gasteiger partial charge in [0.2, 0.25) is 5.91 Å². The lowest BCUT2D eigenvalue weighted by molar-refractivity contribution is -0.298. The Labute approximate surface area is 294 Å². The molecule has 8 atom stereocenters. The van der Waals surface area contributed by atoms with Crippen LogP contribution < -0.4 is 5.32 Å². The van der Waals surface area contributed by atoms with Gasteiger partial charge in [0.05, 0.1) is 25.4 Å². The van der Waals surface area contributed by atoms with Gasteiger partial charge in [0, 0.05) is 0 Å². The number of ether oxygens (including phenoxy) is 2. The van der Waals surface area contributed by atoms with Crippen molar-refractivity contribution in [3.63, 3.8) is 0 Å². The highest BCUT2D eigenvalue weighted by molar-refractivity contribution is 7.80. The van der Waals surface area contributed by atoms with E-state index in [0.717, 1.165) is 38.5 Å². The van der Waals surface area contributed by atoms with Crippen LogP contribution in [0.25, 0.3) is 0 Å². The SMILES string of the molecule is CCCCCCCCCCC/C=C/C(O)C(COC1OC(CO)C(O)C(OS(=O)(=O)O)C1O)NC(=O)C(O)CCCCCCCCCCC. The Hall–Kier alpha value is -1.20. The fraction of sp³-hybridized carbons (Fsp3) is 0.914. The highest BCUT2D eigenvalue weighted by Gasteiger charge is 2.48. The number of allylic oxidation sites excluding steroid dienone is 1. The third-order valence-electron chi connectivity index (χ3n) is 8.93. The van der Waals surface area contributed by atoms with Crippen molar-refractivity contribution in [3.8, 4) is 0 Å². The molecule has 8 unspecified atom stereocenters. The van der Waals surface area contributed by atoms with Crippen LogP contribution >= 0.6 is 0 Å². The summed E-state index contributed by atoms with van der Waals surface area (Å²) >= 11 is 0. The monoisotopic (exact) mass is 725 g/mol. The van der Waals surface area contributed by atoms with E-state index in [9.17, 15) is 38.7 Å². The molecule has 7 N–H and O–H groups in total. The molecular formula is C35H67NO12S. The number of aliphatic hydroxyl groups excluding tert-OH is 5. The minimum Gasteiger partial charge on any atom is -0.394 e. The van der Waals surface area contributed by atoms with Gasteiger partial charge >= 0.3 is 10.4 Å². The first-order chi connectivity index (χ1) is 23.4. The van der Waals surface area contributed by atoms with Gasteiger partial charge in [-0.2, -0.15) is 8.42 Å². The molecule has 290 valence electrons. The fourth-order valence-corrected chi connectivity index (χ4v) is 6.38. The lowest BCUT2D eigenvalue weighted by Crippen LogP contribution is -2.61. The molecule has 1 aliphatic rings. The van der Waals surface area contributed by atoms with Crippen LogP contribution in [0.2, 0.25) is 0 Å². The molecule has 0 aromatic carbocycles. The third kappa shape index (κ3) is 21.0. The molecule has 1 rings (SSSR count). The average Bonchev–Trinajstić information content (AvgIpc) is 3.06. The Morgan fingerprint density at radius 1 is 0.816 bits per heavy atom. The summed E-state index contributed by atoms with van der Waals surface area (Å²) in [7, 11) is -5.11. The summed E-state index contributed by atoms with van der Waals surface area (Å²) in [6.07, 6.45) is 13.3. The summed E-state index contributed by atoms with van der Waals surface area (Å²) in [6, 6.07) is -1.11. The maximum atomic E-state index is 12.9. The number of carbonyl (C=O) groups excluding carboxylic acids is 1. The Balaban J connectivity index is 2.75. The highest BCUT2D eigenvalue weighted by atomic mass is 32.3. The normalized spacial score (nSPS) is 23.5. The van der Waals surface area contributed by atoms with Crippen molar-refractivity contribution in [1.82, 2.24) is 5.32 Å². The molecule has 1 aliphatic heterocycles. The molecule has 0 aliphatic carbocycles. The molecule has 49 heavy (non-hydrogen) atoms. The van der Waals surface area contributed by atoms with Crippen molar-refractivity contribution in [3.05, 3.63) is 12.2 Å². The van der Waals surface area contributed by atoms with Crippen molar-refractivity contribution >= 4 is 16.3 Å². The number of hydrogen-bond acceptors (Lipinski definition) is 11. The van der Waals surface area contributed by atoms with Crippen molar-refractivity contribution in [2.45, 2.75) is 191 Å². The zero-order valence-corrected chi connectivity index (χ0v) is 30.7. The quantitative estimate of drug-likeness (QED) is 0.0315. The highest BCUT2D eigenvalue weighted by Crippen LogP contribution is 2.26. The number of amides is 1. The largest absolute Gasteiger partial charge is 0.397 e. The van der Waals surface area contributed by atoms with Crippen LogP contribution in [-0.2, 0) is 28.9 Å². The summed E-state index contributed by atoms with van der Waals surface area (Å²) in [6.45, 7) is 3.12. The van der Waals surface area contributed by atoms with Gasteiger partial charge < -0.3 is 40.3 Å². The summed E-state index contributed by atoms with van der Waals surface area (Å²) in [5.74, 6) is -0.707. The van der Waals surface area contributed by atoms with Gasteiger partial charge in [-0.1, -0.05) is 135 Å². The molecule has 0 aromatic heterocycles. The number of rotatable bonds is 30. The van der Waals surface area contributed by atoms with Crippen molar-refractivity contribution in [2.75, 3.05) is 13.2 Å². The first-order valence-corrected chi connectivity index (χ1v) is 20.0. The number of aliphatic hydroxyl groups is 5. The molecule has 1 heterocycles. The van der Waals surface area contributed by atoms with Gasteiger partial charge in [-0.05, 0) is 19.3 Å². The van der Waals surface area contributed by atoms with Crippen LogP contribution in [0.1, 0.15) is 142 Å². The maximum Gasteiger partial charge on any atom is 0.397 e. The van der Waals surface area contributed by atoms with Crippen molar-refractivity contribution < 1.29 is 57.0 Å². The second-order valence-corrected chi connectivity index (χ2v) is 14.4.